The first kappa shape index (κ1) is 24.3. The van der Waals surface area contributed by atoms with Crippen molar-refractivity contribution >= 4 is 0 Å². The number of benzene rings is 1. The summed E-state index contributed by atoms with van der Waals surface area (Å²) in [6, 6.07) is 4.56. The number of rotatable bonds is 16. The molecule has 0 aliphatic heterocycles. The molecule has 0 heteroatoms. The van der Waals surface area contributed by atoms with Gasteiger partial charge < -0.3 is 0 Å². The molecule has 0 nitrogen and oxygen atoms in total. The summed E-state index contributed by atoms with van der Waals surface area (Å²) < 4.78 is 0. The summed E-state index contributed by atoms with van der Waals surface area (Å²) in [4.78, 5) is 0. The van der Waals surface area contributed by atoms with Crippen molar-refractivity contribution in [3.63, 3.8) is 0 Å². The van der Waals surface area contributed by atoms with E-state index in [1.807, 2.05) is 0 Å². The minimum atomic E-state index is 0.890. The molecule has 0 fully saturated rings. The van der Waals surface area contributed by atoms with Crippen LogP contribution in [0, 0.1) is 26.7 Å². The first-order chi connectivity index (χ1) is 13.0. The van der Waals surface area contributed by atoms with Crippen molar-refractivity contribution in [3.05, 3.63) is 34.4 Å². The highest BCUT2D eigenvalue weighted by Gasteiger charge is 2.04. The van der Waals surface area contributed by atoms with Gasteiger partial charge in [0, 0.05) is 0 Å². The zero-order valence-electron chi connectivity index (χ0n) is 19.3. The molecule has 0 spiro atoms. The fourth-order valence-corrected chi connectivity index (χ4v) is 4.19. The SMILES string of the molecule is Cc1ccc(C)c(CCCCCCCCCCCCCCCC(C)C)c1C. The molecule has 0 aromatic heterocycles. The monoisotopic (exact) mass is 372 g/mol. The lowest BCUT2D eigenvalue weighted by molar-refractivity contribution is 0.502. The molecule has 0 saturated carbocycles. The predicted molar refractivity (Wildman–Crippen MR) is 124 cm³/mol. The molecule has 0 heterocycles. The molecule has 0 atom stereocenters. The van der Waals surface area contributed by atoms with Crippen molar-refractivity contribution in [3.8, 4) is 0 Å². The third-order valence-electron chi connectivity index (χ3n) is 6.31. The van der Waals surface area contributed by atoms with Gasteiger partial charge in [-0.1, -0.05) is 109 Å². The minimum absolute atomic E-state index is 0.890. The Morgan fingerprint density at radius 1 is 0.556 bits per heavy atom. The van der Waals surface area contributed by atoms with E-state index in [0.29, 0.717) is 0 Å². The van der Waals surface area contributed by atoms with E-state index >= 15 is 0 Å². The van der Waals surface area contributed by atoms with Crippen molar-refractivity contribution in [2.45, 2.75) is 131 Å². The smallest absolute Gasteiger partial charge is 0.0274 e. The average Bonchev–Trinajstić information content (AvgIpc) is 2.63. The second-order valence-electron chi connectivity index (χ2n) is 9.33. The van der Waals surface area contributed by atoms with E-state index in [-0.39, 0.29) is 0 Å². The minimum Gasteiger partial charge on any atom is -0.0628 e. The van der Waals surface area contributed by atoms with Crippen LogP contribution in [0.5, 0.6) is 0 Å². The van der Waals surface area contributed by atoms with Crippen LogP contribution in [0.4, 0.5) is 0 Å². The first-order valence-electron chi connectivity index (χ1n) is 12.1. The third kappa shape index (κ3) is 11.6. The van der Waals surface area contributed by atoms with Gasteiger partial charge in [0.2, 0.25) is 0 Å². The number of unbranched alkanes of at least 4 members (excludes halogenated alkanes) is 12. The summed E-state index contributed by atoms with van der Waals surface area (Å²) in [6.45, 7) is 11.5. The Balaban J connectivity index is 1.88. The molecular formula is C27H48. The summed E-state index contributed by atoms with van der Waals surface area (Å²) >= 11 is 0. The van der Waals surface area contributed by atoms with Crippen molar-refractivity contribution in [1.82, 2.24) is 0 Å². The van der Waals surface area contributed by atoms with Crippen LogP contribution in [-0.2, 0) is 6.42 Å². The van der Waals surface area contributed by atoms with Gasteiger partial charge in [-0.25, -0.2) is 0 Å². The zero-order chi connectivity index (χ0) is 19.9. The highest BCUT2D eigenvalue weighted by molar-refractivity contribution is 5.39. The maximum atomic E-state index is 2.34. The van der Waals surface area contributed by atoms with Gasteiger partial charge >= 0.3 is 0 Å². The van der Waals surface area contributed by atoms with Crippen LogP contribution in [0.2, 0.25) is 0 Å². The fourth-order valence-electron chi connectivity index (χ4n) is 4.19. The summed E-state index contributed by atoms with van der Waals surface area (Å²) in [5.41, 5.74) is 6.07. The van der Waals surface area contributed by atoms with Gasteiger partial charge in [0.1, 0.15) is 0 Å². The van der Waals surface area contributed by atoms with E-state index < -0.39 is 0 Å². The summed E-state index contributed by atoms with van der Waals surface area (Å²) in [7, 11) is 0. The van der Waals surface area contributed by atoms with E-state index in [1.165, 1.54) is 113 Å². The standard InChI is InChI=1S/C27H48/c1-23(2)19-17-15-13-11-9-7-6-8-10-12-14-16-18-20-27-25(4)22-21-24(3)26(27)5/h21-23H,6-20H2,1-5H3. The molecule has 156 valence electrons. The molecule has 0 aliphatic carbocycles. The first-order valence-corrected chi connectivity index (χ1v) is 12.1. The van der Waals surface area contributed by atoms with Crippen molar-refractivity contribution in [1.29, 1.82) is 0 Å². The number of aryl methyl sites for hydroxylation is 2. The van der Waals surface area contributed by atoms with Crippen LogP contribution >= 0.6 is 0 Å². The molecule has 0 unspecified atom stereocenters. The largest absolute Gasteiger partial charge is 0.0628 e. The van der Waals surface area contributed by atoms with Crippen molar-refractivity contribution in [2.75, 3.05) is 0 Å². The molecule has 0 N–H and O–H groups in total. The lowest BCUT2D eigenvalue weighted by Crippen LogP contribution is -1.96. The third-order valence-corrected chi connectivity index (χ3v) is 6.31. The van der Waals surface area contributed by atoms with Gasteiger partial charge in [-0.3, -0.25) is 0 Å². The number of hydrogen-bond acceptors (Lipinski definition) is 0. The summed E-state index contributed by atoms with van der Waals surface area (Å²) in [5, 5.41) is 0. The van der Waals surface area contributed by atoms with E-state index in [4.69, 9.17) is 0 Å². The van der Waals surface area contributed by atoms with Crippen LogP contribution < -0.4 is 0 Å². The molecule has 0 amide bonds. The Morgan fingerprint density at radius 2 is 0.963 bits per heavy atom. The van der Waals surface area contributed by atoms with E-state index in [2.05, 4.69) is 46.8 Å². The molecule has 1 aromatic carbocycles. The van der Waals surface area contributed by atoms with Gasteiger partial charge in [-0.05, 0) is 61.8 Å². The lowest BCUT2D eigenvalue weighted by atomic mass is 9.94. The second-order valence-corrected chi connectivity index (χ2v) is 9.33. The molecule has 0 bridgehead atoms. The van der Waals surface area contributed by atoms with Crippen LogP contribution in [0.25, 0.3) is 0 Å². The highest BCUT2D eigenvalue weighted by atomic mass is 14.1. The zero-order valence-corrected chi connectivity index (χ0v) is 19.3. The Bertz CT molecular complexity index is 483. The molecule has 0 aliphatic rings. The molecule has 27 heavy (non-hydrogen) atoms. The Labute approximate surface area is 171 Å². The maximum absolute atomic E-state index is 2.34. The van der Waals surface area contributed by atoms with E-state index in [1.54, 1.807) is 5.56 Å². The Morgan fingerprint density at radius 3 is 1.44 bits per heavy atom. The predicted octanol–water partition coefficient (Wildman–Crippen LogP) is 9.27. The van der Waals surface area contributed by atoms with Gasteiger partial charge in [0.05, 0.1) is 0 Å². The molecule has 0 saturated heterocycles. The van der Waals surface area contributed by atoms with Gasteiger partial charge in [0.15, 0.2) is 0 Å². The summed E-state index contributed by atoms with van der Waals surface area (Å²) in [5.74, 6) is 0.890. The van der Waals surface area contributed by atoms with Crippen LogP contribution in [-0.4, -0.2) is 0 Å². The van der Waals surface area contributed by atoms with E-state index in [9.17, 15) is 0 Å². The molecule has 1 aromatic rings. The Hall–Kier alpha value is -0.780. The fraction of sp³-hybridized carbons (Fsp3) is 0.778. The van der Waals surface area contributed by atoms with Crippen molar-refractivity contribution in [2.24, 2.45) is 5.92 Å². The lowest BCUT2D eigenvalue weighted by Gasteiger charge is -2.12. The molecule has 0 radical (unpaired) electrons. The summed E-state index contributed by atoms with van der Waals surface area (Å²) in [6.07, 6.45) is 21.5. The molecular weight excluding hydrogens is 324 g/mol. The van der Waals surface area contributed by atoms with Crippen LogP contribution in [0.3, 0.4) is 0 Å². The van der Waals surface area contributed by atoms with Gasteiger partial charge in [-0.15, -0.1) is 0 Å². The normalized spacial score (nSPS) is 11.5. The van der Waals surface area contributed by atoms with E-state index in [0.717, 1.165) is 5.92 Å². The average molecular weight is 373 g/mol. The maximum Gasteiger partial charge on any atom is -0.0274 e. The highest BCUT2D eigenvalue weighted by Crippen LogP contribution is 2.21. The van der Waals surface area contributed by atoms with Crippen LogP contribution in [0.15, 0.2) is 12.1 Å². The number of hydrogen-bond donors (Lipinski definition) is 0. The quantitative estimate of drug-likeness (QED) is 0.254. The molecule has 1 rings (SSSR count). The second kappa shape index (κ2) is 15.2. The van der Waals surface area contributed by atoms with Crippen LogP contribution in [0.1, 0.15) is 126 Å². The van der Waals surface area contributed by atoms with Gasteiger partial charge in [-0.2, -0.15) is 0 Å². The Kier molecular flexibility index (Phi) is 13.6. The van der Waals surface area contributed by atoms with Gasteiger partial charge in [0.25, 0.3) is 0 Å². The van der Waals surface area contributed by atoms with Crippen molar-refractivity contribution < 1.29 is 0 Å². The topological polar surface area (TPSA) is 0 Å².